The lowest BCUT2D eigenvalue weighted by Gasteiger charge is -2.21. The van der Waals surface area contributed by atoms with E-state index < -0.39 is 5.54 Å². The normalized spacial score (nSPS) is 14.0. The third-order valence-electron chi connectivity index (χ3n) is 2.60. The summed E-state index contributed by atoms with van der Waals surface area (Å²) in [7, 11) is 1.60. The van der Waals surface area contributed by atoms with Crippen LogP contribution in [0.25, 0.3) is 0 Å². The van der Waals surface area contributed by atoms with Crippen molar-refractivity contribution in [1.82, 2.24) is 0 Å². The molecule has 0 aliphatic carbocycles. The van der Waals surface area contributed by atoms with Crippen LogP contribution in [0.15, 0.2) is 24.3 Å². The molecule has 0 spiro atoms. The zero-order valence-corrected chi connectivity index (χ0v) is 9.91. The fourth-order valence-corrected chi connectivity index (χ4v) is 1.11. The first-order chi connectivity index (χ1) is 7.49. The molecule has 4 heteroatoms. The summed E-state index contributed by atoms with van der Waals surface area (Å²) in [6.07, 6.45) is 0.592. The highest BCUT2D eigenvalue weighted by molar-refractivity contribution is 5.97. The molecule has 1 unspecified atom stereocenters. The van der Waals surface area contributed by atoms with Crippen LogP contribution in [0.2, 0.25) is 0 Å². The molecule has 3 N–H and O–H groups in total. The maximum atomic E-state index is 11.8. The van der Waals surface area contributed by atoms with Gasteiger partial charge in [-0.25, -0.2) is 0 Å². The van der Waals surface area contributed by atoms with Gasteiger partial charge in [-0.15, -0.1) is 0 Å². The Morgan fingerprint density at radius 2 is 2.00 bits per heavy atom. The summed E-state index contributed by atoms with van der Waals surface area (Å²) < 4.78 is 5.03. The lowest BCUT2D eigenvalue weighted by Crippen LogP contribution is -2.47. The predicted octanol–water partition coefficient (Wildman–Crippen LogP) is 1.76. The number of nitrogens with two attached hydrogens (primary N) is 1. The second-order valence-corrected chi connectivity index (χ2v) is 3.95. The molecular formula is C12H18N2O2. The molecule has 1 rings (SSSR count). The second kappa shape index (κ2) is 4.99. The number of anilines is 1. The first-order valence-corrected chi connectivity index (χ1v) is 5.24. The fraction of sp³-hybridized carbons (Fsp3) is 0.417. The van der Waals surface area contributed by atoms with Crippen molar-refractivity contribution < 1.29 is 9.53 Å². The Bertz CT molecular complexity index is 358. The number of nitrogens with one attached hydrogen (secondary N) is 1. The molecule has 0 aliphatic rings. The molecule has 0 radical (unpaired) electrons. The van der Waals surface area contributed by atoms with Crippen LogP contribution in [0.1, 0.15) is 20.3 Å². The summed E-state index contributed by atoms with van der Waals surface area (Å²) in [6, 6.07) is 7.13. The number of carbonyl (C=O) groups is 1. The largest absolute Gasteiger partial charge is 0.497 e. The number of amides is 1. The Labute approximate surface area is 95.8 Å². The van der Waals surface area contributed by atoms with Gasteiger partial charge < -0.3 is 15.8 Å². The molecule has 0 heterocycles. The molecule has 0 aliphatic heterocycles. The van der Waals surface area contributed by atoms with Crippen molar-refractivity contribution in [2.24, 2.45) is 5.73 Å². The number of hydrogen-bond acceptors (Lipinski definition) is 3. The monoisotopic (exact) mass is 222 g/mol. The van der Waals surface area contributed by atoms with Gasteiger partial charge in [-0.3, -0.25) is 4.79 Å². The minimum Gasteiger partial charge on any atom is -0.497 e. The molecule has 1 amide bonds. The quantitative estimate of drug-likeness (QED) is 0.816. The summed E-state index contributed by atoms with van der Waals surface area (Å²) in [5.74, 6) is 0.573. The maximum Gasteiger partial charge on any atom is 0.244 e. The van der Waals surface area contributed by atoms with Gasteiger partial charge >= 0.3 is 0 Å². The molecule has 0 saturated heterocycles. The molecule has 88 valence electrons. The lowest BCUT2D eigenvalue weighted by molar-refractivity contribution is -0.120. The molecule has 0 aromatic heterocycles. The van der Waals surface area contributed by atoms with E-state index in [-0.39, 0.29) is 5.91 Å². The number of carbonyl (C=O) groups excluding carboxylic acids is 1. The maximum absolute atomic E-state index is 11.8. The highest BCUT2D eigenvalue weighted by atomic mass is 16.5. The Hall–Kier alpha value is -1.55. The zero-order chi connectivity index (χ0) is 12.2. The van der Waals surface area contributed by atoms with Crippen LogP contribution in [0, 0.1) is 0 Å². The van der Waals surface area contributed by atoms with E-state index in [4.69, 9.17) is 10.5 Å². The summed E-state index contributed by atoms with van der Waals surface area (Å²) in [5.41, 5.74) is 5.71. The van der Waals surface area contributed by atoms with Gasteiger partial charge in [0.1, 0.15) is 5.75 Å². The molecule has 4 nitrogen and oxygen atoms in total. The molecule has 1 aromatic rings. The first-order valence-electron chi connectivity index (χ1n) is 5.24. The van der Waals surface area contributed by atoms with Crippen LogP contribution in [0.3, 0.4) is 0 Å². The van der Waals surface area contributed by atoms with E-state index in [0.29, 0.717) is 6.42 Å². The SMILES string of the molecule is CCC(C)(N)C(=O)Nc1ccc(OC)cc1. The van der Waals surface area contributed by atoms with Crippen molar-refractivity contribution in [2.45, 2.75) is 25.8 Å². The molecule has 1 atom stereocenters. The minimum absolute atomic E-state index is 0.180. The number of methoxy groups -OCH3 is 1. The third kappa shape index (κ3) is 2.97. The number of benzene rings is 1. The van der Waals surface area contributed by atoms with Crippen molar-refractivity contribution in [3.05, 3.63) is 24.3 Å². The summed E-state index contributed by atoms with van der Waals surface area (Å²) in [4.78, 5) is 11.8. The van der Waals surface area contributed by atoms with Crippen molar-refractivity contribution in [1.29, 1.82) is 0 Å². The van der Waals surface area contributed by atoms with E-state index in [1.54, 1.807) is 38.3 Å². The van der Waals surface area contributed by atoms with E-state index in [1.165, 1.54) is 0 Å². The van der Waals surface area contributed by atoms with E-state index in [2.05, 4.69) is 5.32 Å². The molecule has 16 heavy (non-hydrogen) atoms. The first kappa shape index (κ1) is 12.5. The van der Waals surface area contributed by atoms with Crippen molar-refractivity contribution in [3.8, 4) is 5.75 Å². The van der Waals surface area contributed by atoms with Gasteiger partial charge in [0.05, 0.1) is 12.6 Å². The zero-order valence-electron chi connectivity index (χ0n) is 9.91. The lowest BCUT2D eigenvalue weighted by atomic mass is 9.99. The number of hydrogen-bond donors (Lipinski definition) is 2. The van der Waals surface area contributed by atoms with Crippen molar-refractivity contribution in [2.75, 3.05) is 12.4 Å². The highest BCUT2D eigenvalue weighted by Gasteiger charge is 2.25. The molecule has 0 saturated carbocycles. The summed E-state index contributed by atoms with van der Waals surface area (Å²) in [5, 5.41) is 2.76. The van der Waals surface area contributed by atoms with E-state index in [9.17, 15) is 4.79 Å². The predicted molar refractivity (Wildman–Crippen MR) is 64.5 cm³/mol. The van der Waals surface area contributed by atoms with Crippen LogP contribution < -0.4 is 15.8 Å². The van der Waals surface area contributed by atoms with Gasteiger partial charge in [-0.05, 0) is 37.6 Å². The smallest absolute Gasteiger partial charge is 0.244 e. The van der Waals surface area contributed by atoms with Gasteiger partial charge in [-0.1, -0.05) is 6.92 Å². The van der Waals surface area contributed by atoms with Gasteiger partial charge in [0.25, 0.3) is 0 Å². The van der Waals surface area contributed by atoms with Crippen LogP contribution in [0.5, 0.6) is 5.75 Å². The van der Waals surface area contributed by atoms with Crippen LogP contribution in [-0.4, -0.2) is 18.6 Å². The van der Waals surface area contributed by atoms with Gasteiger partial charge in [0, 0.05) is 5.69 Å². The van der Waals surface area contributed by atoms with E-state index in [0.717, 1.165) is 11.4 Å². The minimum atomic E-state index is -0.833. The van der Waals surface area contributed by atoms with Crippen LogP contribution in [0.4, 0.5) is 5.69 Å². The van der Waals surface area contributed by atoms with Gasteiger partial charge in [0.15, 0.2) is 0 Å². The van der Waals surface area contributed by atoms with Gasteiger partial charge in [-0.2, -0.15) is 0 Å². The third-order valence-corrected chi connectivity index (χ3v) is 2.60. The average Bonchev–Trinajstić information content (AvgIpc) is 2.30. The molecule has 0 bridgehead atoms. The standard InChI is InChI=1S/C12H18N2O2/c1-4-12(2,13)11(15)14-9-5-7-10(16-3)8-6-9/h5-8H,4,13H2,1-3H3,(H,14,15). The molecular weight excluding hydrogens is 204 g/mol. The van der Waals surface area contributed by atoms with E-state index >= 15 is 0 Å². The Morgan fingerprint density at radius 3 is 2.44 bits per heavy atom. The Morgan fingerprint density at radius 1 is 1.44 bits per heavy atom. The van der Waals surface area contributed by atoms with E-state index in [1.807, 2.05) is 6.92 Å². The Balaban J connectivity index is 2.70. The number of ether oxygens (including phenoxy) is 1. The topological polar surface area (TPSA) is 64.4 Å². The average molecular weight is 222 g/mol. The summed E-state index contributed by atoms with van der Waals surface area (Å²) in [6.45, 7) is 3.60. The fourth-order valence-electron chi connectivity index (χ4n) is 1.11. The number of rotatable bonds is 4. The van der Waals surface area contributed by atoms with Crippen molar-refractivity contribution in [3.63, 3.8) is 0 Å². The van der Waals surface area contributed by atoms with Gasteiger partial charge in [0.2, 0.25) is 5.91 Å². The van der Waals surface area contributed by atoms with Crippen LogP contribution >= 0.6 is 0 Å². The molecule has 0 fully saturated rings. The van der Waals surface area contributed by atoms with Crippen molar-refractivity contribution >= 4 is 11.6 Å². The Kier molecular flexibility index (Phi) is 3.90. The molecule has 1 aromatic carbocycles. The highest BCUT2D eigenvalue weighted by Crippen LogP contribution is 2.16. The van der Waals surface area contributed by atoms with Crippen LogP contribution in [-0.2, 0) is 4.79 Å². The second-order valence-electron chi connectivity index (χ2n) is 3.95. The summed E-state index contributed by atoms with van der Waals surface area (Å²) >= 11 is 0.